The Morgan fingerprint density at radius 3 is 2.59 bits per heavy atom. The van der Waals surface area contributed by atoms with E-state index in [1.807, 2.05) is 23.1 Å². The van der Waals surface area contributed by atoms with Gasteiger partial charge in [-0.25, -0.2) is 0 Å². The lowest BCUT2D eigenvalue weighted by atomic mass is 10.0. The third-order valence-corrected chi connectivity index (χ3v) is 5.10. The molecule has 22 heavy (non-hydrogen) atoms. The Bertz CT molecular complexity index is 537. The topological polar surface area (TPSA) is 49.6 Å². The molecule has 2 aliphatic rings. The van der Waals surface area contributed by atoms with Crippen LogP contribution in [0.2, 0.25) is 0 Å². The first-order valence-electron chi connectivity index (χ1n) is 8.57. The maximum absolute atomic E-state index is 12.4. The fraction of sp³-hybridized carbons (Fsp3) is 0.611. The van der Waals surface area contributed by atoms with E-state index in [0.717, 1.165) is 55.8 Å². The number of hydrogen-bond donors (Lipinski definition) is 1. The summed E-state index contributed by atoms with van der Waals surface area (Å²) in [5.74, 6) is 0.127. The molecular formula is C18H27N3O. The number of benzene rings is 1. The van der Waals surface area contributed by atoms with Gasteiger partial charge in [0.05, 0.1) is 0 Å². The van der Waals surface area contributed by atoms with E-state index >= 15 is 0 Å². The maximum atomic E-state index is 12.4. The summed E-state index contributed by atoms with van der Waals surface area (Å²) in [5.41, 5.74) is 8.85. The summed E-state index contributed by atoms with van der Waals surface area (Å²) in [6, 6.07) is 6.48. The monoisotopic (exact) mass is 301 g/mol. The maximum Gasteiger partial charge on any atom is 0.253 e. The SMILES string of the molecule is CC1CCCCN1Cc1ccc(C(=O)N2CCCC2)cc1N. The Kier molecular flexibility index (Phi) is 4.67. The largest absolute Gasteiger partial charge is 0.398 e. The molecule has 1 unspecified atom stereocenters. The van der Waals surface area contributed by atoms with E-state index in [9.17, 15) is 4.79 Å². The number of nitrogens with two attached hydrogens (primary N) is 1. The van der Waals surface area contributed by atoms with E-state index in [-0.39, 0.29) is 5.91 Å². The second-order valence-corrected chi connectivity index (χ2v) is 6.73. The molecular weight excluding hydrogens is 274 g/mol. The highest BCUT2D eigenvalue weighted by Gasteiger charge is 2.22. The summed E-state index contributed by atoms with van der Waals surface area (Å²) < 4.78 is 0. The van der Waals surface area contributed by atoms with Crippen LogP contribution in [0.1, 0.15) is 54.9 Å². The van der Waals surface area contributed by atoms with Crippen molar-refractivity contribution in [2.75, 3.05) is 25.4 Å². The van der Waals surface area contributed by atoms with Gasteiger partial charge >= 0.3 is 0 Å². The van der Waals surface area contributed by atoms with Crippen LogP contribution >= 0.6 is 0 Å². The molecule has 2 aliphatic heterocycles. The smallest absolute Gasteiger partial charge is 0.253 e. The molecule has 1 atom stereocenters. The van der Waals surface area contributed by atoms with E-state index in [1.54, 1.807) is 0 Å². The van der Waals surface area contributed by atoms with Crippen LogP contribution in [0.5, 0.6) is 0 Å². The minimum Gasteiger partial charge on any atom is -0.398 e. The average Bonchev–Trinajstić information content (AvgIpc) is 3.05. The highest BCUT2D eigenvalue weighted by molar-refractivity contribution is 5.95. The average molecular weight is 301 g/mol. The predicted octanol–water partition coefficient (Wildman–Crippen LogP) is 2.88. The van der Waals surface area contributed by atoms with Crippen LogP contribution in [0, 0.1) is 0 Å². The quantitative estimate of drug-likeness (QED) is 0.873. The second-order valence-electron chi connectivity index (χ2n) is 6.73. The molecule has 0 radical (unpaired) electrons. The van der Waals surface area contributed by atoms with Crippen molar-refractivity contribution in [1.82, 2.24) is 9.80 Å². The number of nitrogen functional groups attached to an aromatic ring is 1. The van der Waals surface area contributed by atoms with Gasteiger partial charge in [-0.2, -0.15) is 0 Å². The first-order valence-corrected chi connectivity index (χ1v) is 8.57. The Morgan fingerprint density at radius 1 is 1.18 bits per heavy atom. The minimum absolute atomic E-state index is 0.127. The Hall–Kier alpha value is -1.55. The predicted molar refractivity (Wildman–Crippen MR) is 89.7 cm³/mol. The number of carbonyl (C=O) groups is 1. The molecule has 2 saturated heterocycles. The highest BCUT2D eigenvalue weighted by atomic mass is 16.2. The molecule has 1 amide bonds. The van der Waals surface area contributed by atoms with Gasteiger partial charge in [0.15, 0.2) is 0 Å². The Balaban J connectivity index is 1.70. The normalized spacial score (nSPS) is 23.0. The van der Waals surface area contributed by atoms with Gasteiger partial charge in [0.1, 0.15) is 0 Å². The third-order valence-electron chi connectivity index (χ3n) is 5.10. The van der Waals surface area contributed by atoms with Crippen molar-refractivity contribution in [1.29, 1.82) is 0 Å². The molecule has 1 aromatic rings. The lowest BCUT2D eigenvalue weighted by Gasteiger charge is -2.33. The van der Waals surface area contributed by atoms with Crippen molar-refractivity contribution in [2.24, 2.45) is 0 Å². The summed E-state index contributed by atoms with van der Waals surface area (Å²) in [5, 5.41) is 0. The molecule has 2 fully saturated rings. The summed E-state index contributed by atoms with van der Waals surface area (Å²) in [7, 11) is 0. The number of piperidine rings is 1. The third kappa shape index (κ3) is 3.27. The molecule has 3 rings (SSSR count). The molecule has 2 N–H and O–H groups in total. The number of rotatable bonds is 3. The van der Waals surface area contributed by atoms with Gasteiger partial charge in [-0.3, -0.25) is 9.69 Å². The second kappa shape index (κ2) is 6.69. The molecule has 4 heteroatoms. The lowest BCUT2D eigenvalue weighted by Crippen LogP contribution is -2.37. The van der Waals surface area contributed by atoms with Crippen molar-refractivity contribution in [3.63, 3.8) is 0 Å². The van der Waals surface area contributed by atoms with Gasteiger partial charge in [-0.15, -0.1) is 0 Å². The van der Waals surface area contributed by atoms with Crippen molar-refractivity contribution >= 4 is 11.6 Å². The molecule has 0 saturated carbocycles. The summed E-state index contributed by atoms with van der Waals surface area (Å²) in [6.45, 7) is 6.10. The molecule has 0 aromatic heterocycles. The number of anilines is 1. The first-order chi connectivity index (χ1) is 10.6. The first kappa shape index (κ1) is 15.3. The van der Waals surface area contributed by atoms with Crippen molar-refractivity contribution in [2.45, 2.75) is 51.6 Å². The van der Waals surface area contributed by atoms with Crippen LogP contribution < -0.4 is 5.73 Å². The van der Waals surface area contributed by atoms with Crippen LogP contribution in [0.4, 0.5) is 5.69 Å². The highest BCUT2D eigenvalue weighted by Crippen LogP contribution is 2.23. The fourth-order valence-electron chi connectivity index (χ4n) is 3.59. The van der Waals surface area contributed by atoms with Crippen LogP contribution in [0.3, 0.4) is 0 Å². The van der Waals surface area contributed by atoms with Crippen LogP contribution in [0.25, 0.3) is 0 Å². The van der Waals surface area contributed by atoms with E-state index in [4.69, 9.17) is 5.73 Å². The van der Waals surface area contributed by atoms with Crippen molar-refractivity contribution in [3.8, 4) is 0 Å². The molecule has 4 nitrogen and oxygen atoms in total. The van der Waals surface area contributed by atoms with E-state index < -0.39 is 0 Å². The number of amides is 1. The Morgan fingerprint density at radius 2 is 1.91 bits per heavy atom. The summed E-state index contributed by atoms with van der Waals surface area (Å²) in [4.78, 5) is 16.8. The molecule has 0 aliphatic carbocycles. The summed E-state index contributed by atoms with van der Waals surface area (Å²) >= 11 is 0. The molecule has 120 valence electrons. The van der Waals surface area contributed by atoms with Crippen LogP contribution in [-0.2, 0) is 6.54 Å². The van der Waals surface area contributed by atoms with Gasteiger partial charge in [0.25, 0.3) is 5.91 Å². The molecule has 2 heterocycles. The van der Waals surface area contributed by atoms with Gasteiger partial charge in [0, 0.05) is 36.9 Å². The molecule has 0 bridgehead atoms. The zero-order valence-electron chi connectivity index (χ0n) is 13.6. The molecule has 0 spiro atoms. The zero-order valence-corrected chi connectivity index (χ0v) is 13.6. The van der Waals surface area contributed by atoms with Crippen LogP contribution in [-0.4, -0.2) is 41.4 Å². The standard InChI is InChI=1S/C18H27N3O/c1-14-6-2-3-11-21(14)13-16-8-7-15(12-17(16)19)18(22)20-9-4-5-10-20/h7-8,12,14H,2-6,9-11,13,19H2,1H3. The van der Waals surface area contributed by atoms with Gasteiger partial charge in [-0.05, 0) is 56.8 Å². The van der Waals surface area contributed by atoms with Gasteiger partial charge in [0.2, 0.25) is 0 Å². The Labute approximate surface area is 133 Å². The van der Waals surface area contributed by atoms with E-state index in [1.165, 1.54) is 19.3 Å². The lowest BCUT2D eigenvalue weighted by molar-refractivity contribution is 0.0793. The van der Waals surface area contributed by atoms with E-state index in [2.05, 4.69) is 11.8 Å². The summed E-state index contributed by atoms with van der Waals surface area (Å²) in [6.07, 6.45) is 6.11. The minimum atomic E-state index is 0.127. The molecule has 1 aromatic carbocycles. The number of hydrogen-bond acceptors (Lipinski definition) is 3. The van der Waals surface area contributed by atoms with Crippen molar-refractivity contribution in [3.05, 3.63) is 29.3 Å². The number of likely N-dealkylation sites (tertiary alicyclic amines) is 2. The van der Waals surface area contributed by atoms with E-state index in [0.29, 0.717) is 6.04 Å². The van der Waals surface area contributed by atoms with Gasteiger partial charge in [-0.1, -0.05) is 12.5 Å². The number of carbonyl (C=O) groups excluding carboxylic acids is 1. The van der Waals surface area contributed by atoms with Crippen molar-refractivity contribution < 1.29 is 4.79 Å². The zero-order chi connectivity index (χ0) is 15.5. The van der Waals surface area contributed by atoms with Crippen LogP contribution in [0.15, 0.2) is 18.2 Å². The fourth-order valence-corrected chi connectivity index (χ4v) is 3.59. The van der Waals surface area contributed by atoms with Gasteiger partial charge < -0.3 is 10.6 Å². The number of nitrogens with zero attached hydrogens (tertiary/aromatic N) is 2.